The summed E-state index contributed by atoms with van der Waals surface area (Å²) in [7, 11) is 0. The molecule has 1 N–H and O–H groups in total. The van der Waals surface area contributed by atoms with E-state index in [-0.39, 0.29) is 6.09 Å². The summed E-state index contributed by atoms with van der Waals surface area (Å²) in [5, 5.41) is 9.20. The first kappa shape index (κ1) is 18.7. The summed E-state index contributed by atoms with van der Waals surface area (Å²) >= 11 is 0. The van der Waals surface area contributed by atoms with Gasteiger partial charge in [-0.1, -0.05) is 6.07 Å². The third-order valence-electron chi connectivity index (χ3n) is 5.13. The third-order valence-corrected chi connectivity index (χ3v) is 5.13. The van der Waals surface area contributed by atoms with Gasteiger partial charge in [0.2, 0.25) is 0 Å². The van der Waals surface area contributed by atoms with Crippen LogP contribution in [-0.4, -0.2) is 58.2 Å². The van der Waals surface area contributed by atoms with E-state index >= 15 is 0 Å². The number of carboxylic acids is 1. The smallest absolute Gasteiger partial charge is 0.410 e. The number of nitrogens with zero attached hydrogens (tertiary/aromatic N) is 2. The average molecular weight is 360 g/mol. The first-order valence-corrected chi connectivity index (χ1v) is 9.30. The fourth-order valence-electron chi connectivity index (χ4n) is 3.76. The number of benzene rings is 1. The second kappa shape index (κ2) is 7.27. The predicted octanol–water partition coefficient (Wildman–Crippen LogP) is 3.14. The molecule has 0 spiro atoms. The minimum absolute atomic E-state index is 0.231. The number of aromatic carboxylic acids is 1. The molecule has 0 bridgehead atoms. The van der Waals surface area contributed by atoms with E-state index in [1.54, 1.807) is 17.0 Å². The van der Waals surface area contributed by atoms with Crippen LogP contribution in [0, 0.1) is 0 Å². The molecule has 2 aliphatic rings. The maximum atomic E-state index is 12.2. The highest BCUT2D eigenvalue weighted by molar-refractivity contribution is 5.87. The van der Waals surface area contributed by atoms with Crippen LogP contribution in [0.3, 0.4) is 0 Å². The Morgan fingerprint density at radius 1 is 1.12 bits per heavy atom. The van der Waals surface area contributed by atoms with Crippen LogP contribution in [0.5, 0.6) is 0 Å². The van der Waals surface area contributed by atoms with Crippen LogP contribution in [0.1, 0.15) is 55.1 Å². The van der Waals surface area contributed by atoms with Crippen LogP contribution >= 0.6 is 0 Å². The number of carbonyl (C=O) groups is 2. The van der Waals surface area contributed by atoms with Crippen molar-refractivity contribution in [2.45, 2.75) is 58.2 Å². The highest BCUT2D eigenvalue weighted by atomic mass is 16.6. The van der Waals surface area contributed by atoms with Crippen molar-refractivity contribution in [3.8, 4) is 0 Å². The SMILES string of the molecule is CC(C)(C)OC(=O)N1CCC(N2CCc3ccc(C(=O)O)cc3C2)CC1. The number of fused-ring (bicyclic) bond motifs is 1. The molecular formula is C20H28N2O4. The molecular weight excluding hydrogens is 332 g/mol. The molecule has 0 unspecified atom stereocenters. The summed E-state index contributed by atoms with van der Waals surface area (Å²) in [6.07, 6.45) is 2.56. The molecule has 0 saturated carbocycles. The van der Waals surface area contributed by atoms with Gasteiger partial charge in [-0.15, -0.1) is 0 Å². The number of carboxylic acid groups (broad SMARTS) is 1. The molecule has 1 amide bonds. The predicted molar refractivity (Wildman–Crippen MR) is 98.3 cm³/mol. The molecule has 6 nitrogen and oxygen atoms in total. The first-order chi connectivity index (χ1) is 12.2. The number of hydrogen-bond acceptors (Lipinski definition) is 4. The minimum Gasteiger partial charge on any atom is -0.478 e. The van der Waals surface area contributed by atoms with Gasteiger partial charge in [0, 0.05) is 32.2 Å². The van der Waals surface area contributed by atoms with E-state index in [1.807, 2.05) is 26.8 Å². The summed E-state index contributed by atoms with van der Waals surface area (Å²) in [5.74, 6) is -0.879. The molecule has 6 heteroatoms. The van der Waals surface area contributed by atoms with E-state index in [0.29, 0.717) is 24.7 Å². The van der Waals surface area contributed by atoms with Crippen LogP contribution in [0.4, 0.5) is 4.79 Å². The van der Waals surface area contributed by atoms with Crippen LogP contribution < -0.4 is 0 Å². The maximum Gasteiger partial charge on any atom is 0.410 e. The van der Waals surface area contributed by atoms with Gasteiger partial charge in [0.05, 0.1) is 5.56 Å². The normalized spacial score (nSPS) is 19.1. The lowest BCUT2D eigenvalue weighted by Crippen LogP contribution is -2.49. The van der Waals surface area contributed by atoms with E-state index in [2.05, 4.69) is 4.90 Å². The number of rotatable bonds is 2. The lowest BCUT2D eigenvalue weighted by atomic mass is 9.94. The van der Waals surface area contributed by atoms with Crippen molar-refractivity contribution >= 4 is 12.1 Å². The van der Waals surface area contributed by atoms with Crippen molar-refractivity contribution in [2.75, 3.05) is 19.6 Å². The van der Waals surface area contributed by atoms with E-state index in [0.717, 1.165) is 37.9 Å². The van der Waals surface area contributed by atoms with Crippen molar-refractivity contribution < 1.29 is 19.4 Å². The standard InChI is InChI=1S/C20H28N2O4/c1-20(2,3)26-19(25)21-10-7-17(8-11-21)22-9-6-14-4-5-15(18(23)24)12-16(14)13-22/h4-5,12,17H,6-11,13H2,1-3H3,(H,23,24). The van der Waals surface area contributed by atoms with Crippen LogP contribution in [0.15, 0.2) is 18.2 Å². The number of amides is 1. The van der Waals surface area contributed by atoms with Crippen molar-refractivity contribution in [2.24, 2.45) is 0 Å². The Bertz CT molecular complexity index is 688. The lowest BCUT2D eigenvalue weighted by molar-refractivity contribution is 0.0134. The van der Waals surface area contributed by atoms with Gasteiger partial charge in [0.15, 0.2) is 0 Å². The summed E-state index contributed by atoms with van der Waals surface area (Å²) in [6, 6.07) is 5.87. The Morgan fingerprint density at radius 2 is 1.81 bits per heavy atom. The fraction of sp³-hybridized carbons (Fsp3) is 0.600. The Kier molecular flexibility index (Phi) is 5.23. The third kappa shape index (κ3) is 4.36. The largest absolute Gasteiger partial charge is 0.478 e. The quantitative estimate of drug-likeness (QED) is 0.877. The summed E-state index contributed by atoms with van der Waals surface area (Å²) in [6.45, 7) is 8.83. The molecule has 0 atom stereocenters. The first-order valence-electron chi connectivity index (χ1n) is 9.30. The molecule has 0 aromatic heterocycles. The minimum atomic E-state index is -0.879. The molecule has 1 aromatic carbocycles. The van der Waals surface area contributed by atoms with Gasteiger partial charge < -0.3 is 14.7 Å². The molecule has 1 saturated heterocycles. The average Bonchev–Trinajstić information content (AvgIpc) is 2.59. The van der Waals surface area contributed by atoms with E-state index in [4.69, 9.17) is 4.74 Å². The Hall–Kier alpha value is -2.08. The van der Waals surface area contributed by atoms with Crippen molar-refractivity contribution in [3.63, 3.8) is 0 Å². The van der Waals surface area contributed by atoms with Gasteiger partial charge in [-0.3, -0.25) is 4.90 Å². The molecule has 2 aliphatic heterocycles. The highest BCUT2D eigenvalue weighted by Crippen LogP contribution is 2.26. The van der Waals surface area contributed by atoms with Crippen molar-refractivity contribution in [3.05, 3.63) is 34.9 Å². The molecule has 2 heterocycles. The monoisotopic (exact) mass is 360 g/mol. The number of carbonyl (C=O) groups excluding carboxylic acids is 1. The maximum absolute atomic E-state index is 12.2. The van der Waals surface area contributed by atoms with Gasteiger partial charge in [-0.2, -0.15) is 0 Å². The van der Waals surface area contributed by atoms with E-state index < -0.39 is 11.6 Å². The number of likely N-dealkylation sites (tertiary alicyclic amines) is 1. The van der Waals surface area contributed by atoms with Gasteiger partial charge >= 0.3 is 12.1 Å². The zero-order chi connectivity index (χ0) is 18.9. The van der Waals surface area contributed by atoms with Gasteiger partial charge in [0.1, 0.15) is 5.60 Å². The molecule has 26 heavy (non-hydrogen) atoms. The molecule has 0 radical (unpaired) electrons. The van der Waals surface area contributed by atoms with Crippen LogP contribution in [0.2, 0.25) is 0 Å². The number of hydrogen-bond donors (Lipinski definition) is 1. The number of piperidine rings is 1. The number of ether oxygens (including phenoxy) is 1. The highest BCUT2D eigenvalue weighted by Gasteiger charge is 2.31. The summed E-state index contributed by atoms with van der Waals surface area (Å²) in [4.78, 5) is 27.6. The van der Waals surface area contributed by atoms with Gasteiger partial charge in [0.25, 0.3) is 0 Å². The molecule has 3 rings (SSSR count). The van der Waals surface area contributed by atoms with Crippen LogP contribution in [0.25, 0.3) is 0 Å². The summed E-state index contributed by atoms with van der Waals surface area (Å²) < 4.78 is 5.46. The van der Waals surface area contributed by atoms with Gasteiger partial charge in [-0.05, 0) is 63.3 Å². The van der Waals surface area contributed by atoms with Crippen molar-refractivity contribution in [1.82, 2.24) is 9.80 Å². The molecule has 0 aliphatic carbocycles. The van der Waals surface area contributed by atoms with Gasteiger partial charge in [-0.25, -0.2) is 9.59 Å². The van der Waals surface area contributed by atoms with Crippen LogP contribution in [-0.2, 0) is 17.7 Å². The summed E-state index contributed by atoms with van der Waals surface area (Å²) in [5.41, 5.74) is 2.25. The topological polar surface area (TPSA) is 70.1 Å². The van der Waals surface area contributed by atoms with E-state index in [1.165, 1.54) is 5.56 Å². The molecule has 1 fully saturated rings. The zero-order valence-electron chi connectivity index (χ0n) is 15.8. The zero-order valence-corrected chi connectivity index (χ0v) is 15.8. The molecule has 142 valence electrons. The second-order valence-electron chi connectivity index (χ2n) is 8.21. The van der Waals surface area contributed by atoms with E-state index in [9.17, 15) is 14.7 Å². The second-order valence-corrected chi connectivity index (χ2v) is 8.21. The molecule has 1 aromatic rings. The Labute approximate surface area is 154 Å². The Morgan fingerprint density at radius 3 is 2.42 bits per heavy atom. The lowest BCUT2D eigenvalue weighted by Gasteiger charge is -2.40. The fourth-order valence-corrected chi connectivity index (χ4v) is 3.76. The Balaban J connectivity index is 1.58. The van der Waals surface area contributed by atoms with Crippen molar-refractivity contribution in [1.29, 1.82) is 0 Å².